The first-order valence-corrected chi connectivity index (χ1v) is 8.93. The monoisotopic (exact) mass is 370 g/mol. The molecule has 3 aromatic carbocycles. The molecule has 4 rings (SSSR count). The Morgan fingerprint density at radius 3 is 1.89 bits per heavy atom. The van der Waals surface area contributed by atoms with Crippen molar-refractivity contribution in [1.29, 1.82) is 0 Å². The summed E-state index contributed by atoms with van der Waals surface area (Å²) in [7, 11) is 0. The van der Waals surface area contributed by atoms with Crippen molar-refractivity contribution in [2.45, 2.75) is 6.92 Å². The fourth-order valence-electron chi connectivity index (χ4n) is 3.23. The zero-order valence-corrected chi connectivity index (χ0v) is 15.3. The number of hydrogen-bond acceptors (Lipinski definition) is 4. The van der Waals surface area contributed by atoms with Gasteiger partial charge in [0.1, 0.15) is 5.71 Å². The smallest absolute Gasteiger partial charge is 0.265 e. The summed E-state index contributed by atoms with van der Waals surface area (Å²) in [5.74, 6) is -0.339. The van der Waals surface area contributed by atoms with Gasteiger partial charge < -0.3 is 10.2 Å². The zero-order chi connectivity index (χ0) is 19.5. The maximum absolute atomic E-state index is 12.1. The fourth-order valence-corrected chi connectivity index (χ4v) is 3.23. The Bertz CT molecular complexity index is 1040. The summed E-state index contributed by atoms with van der Waals surface area (Å²) in [4.78, 5) is 28.8. The molecule has 0 unspecified atom stereocenters. The van der Waals surface area contributed by atoms with Crippen molar-refractivity contribution >= 4 is 23.1 Å². The van der Waals surface area contributed by atoms with Gasteiger partial charge in [0.25, 0.3) is 5.91 Å². The average Bonchev–Trinajstić information content (AvgIpc) is 3.03. The van der Waals surface area contributed by atoms with Crippen LogP contribution in [0.3, 0.4) is 0 Å². The highest BCUT2D eigenvalue weighted by molar-refractivity contribution is 6.24. The van der Waals surface area contributed by atoms with Crippen LogP contribution in [0, 0.1) is 0 Å². The molecule has 0 saturated carbocycles. The van der Waals surface area contributed by atoms with Gasteiger partial charge in [-0.3, -0.25) is 9.59 Å². The minimum absolute atomic E-state index is 0.0193. The van der Waals surface area contributed by atoms with Crippen LogP contribution in [0.5, 0.6) is 0 Å². The van der Waals surface area contributed by atoms with Gasteiger partial charge in [0.05, 0.1) is 0 Å². The Balaban J connectivity index is 1.45. The van der Waals surface area contributed by atoms with Gasteiger partial charge in [0.15, 0.2) is 12.4 Å². The summed E-state index contributed by atoms with van der Waals surface area (Å²) in [6, 6.07) is 22.7. The van der Waals surface area contributed by atoms with Crippen LogP contribution in [-0.4, -0.2) is 24.0 Å². The van der Waals surface area contributed by atoms with E-state index >= 15 is 0 Å². The molecule has 0 saturated heterocycles. The van der Waals surface area contributed by atoms with Crippen LogP contribution in [0.4, 0.5) is 5.69 Å². The number of rotatable bonds is 5. The number of nitrogens with zero attached hydrogens (tertiary/aromatic N) is 1. The van der Waals surface area contributed by atoms with E-state index in [1.165, 1.54) is 6.92 Å². The Morgan fingerprint density at radius 1 is 0.821 bits per heavy atom. The van der Waals surface area contributed by atoms with E-state index in [-0.39, 0.29) is 18.3 Å². The third-order valence-corrected chi connectivity index (χ3v) is 4.58. The summed E-state index contributed by atoms with van der Waals surface area (Å²) >= 11 is 0. The molecule has 5 nitrogen and oxygen atoms in total. The van der Waals surface area contributed by atoms with E-state index in [1.54, 1.807) is 24.3 Å². The predicted molar refractivity (Wildman–Crippen MR) is 109 cm³/mol. The molecular formula is C23H18N2O3. The number of Topliss-reactive ketones (excluding diaryl/α,β-unsaturated/α-hetero) is 1. The lowest BCUT2D eigenvalue weighted by atomic mass is 10.1. The van der Waals surface area contributed by atoms with Gasteiger partial charge in [-0.05, 0) is 42.3 Å². The fraction of sp³-hybridized carbons (Fsp3) is 0.0870. The number of carbonyl (C=O) groups excluding carboxylic acids is 2. The molecule has 5 heteroatoms. The van der Waals surface area contributed by atoms with E-state index in [1.807, 2.05) is 48.5 Å². The largest absolute Gasteiger partial charge is 0.385 e. The van der Waals surface area contributed by atoms with Crippen molar-refractivity contribution in [3.63, 3.8) is 0 Å². The normalized spacial score (nSPS) is 11.4. The second-order valence-corrected chi connectivity index (χ2v) is 6.49. The summed E-state index contributed by atoms with van der Waals surface area (Å²) in [6.45, 7) is 1.29. The molecular weight excluding hydrogens is 352 g/mol. The van der Waals surface area contributed by atoms with Crippen LogP contribution < -0.4 is 5.32 Å². The highest BCUT2D eigenvalue weighted by atomic mass is 16.6. The molecule has 1 amide bonds. The molecule has 0 spiro atoms. The van der Waals surface area contributed by atoms with Crippen molar-refractivity contribution in [3.05, 3.63) is 89.5 Å². The second kappa shape index (κ2) is 7.48. The van der Waals surface area contributed by atoms with Crippen LogP contribution >= 0.6 is 0 Å². The number of benzene rings is 3. The van der Waals surface area contributed by atoms with Crippen molar-refractivity contribution < 1.29 is 14.4 Å². The molecule has 0 radical (unpaired) electrons. The van der Waals surface area contributed by atoms with E-state index in [4.69, 9.17) is 4.84 Å². The molecule has 1 N–H and O–H groups in total. The lowest BCUT2D eigenvalue weighted by molar-refractivity contribution is -0.120. The Labute approximate surface area is 162 Å². The number of fused-ring (bicyclic) bond motifs is 3. The SMILES string of the molecule is CC(=O)c1ccc(NC(=O)CON=C2c3ccccc3-c3ccccc32)cc1. The van der Waals surface area contributed by atoms with Crippen LogP contribution in [0.25, 0.3) is 11.1 Å². The Morgan fingerprint density at radius 2 is 1.36 bits per heavy atom. The highest BCUT2D eigenvalue weighted by Gasteiger charge is 2.24. The molecule has 0 fully saturated rings. The van der Waals surface area contributed by atoms with E-state index in [0.29, 0.717) is 11.3 Å². The molecule has 138 valence electrons. The molecule has 0 aliphatic heterocycles. The molecule has 0 aromatic heterocycles. The van der Waals surface area contributed by atoms with Crippen molar-refractivity contribution in [1.82, 2.24) is 0 Å². The first-order chi connectivity index (χ1) is 13.6. The highest BCUT2D eigenvalue weighted by Crippen LogP contribution is 2.36. The van der Waals surface area contributed by atoms with Crippen LogP contribution in [0.15, 0.2) is 78.0 Å². The first-order valence-electron chi connectivity index (χ1n) is 8.93. The van der Waals surface area contributed by atoms with Crippen LogP contribution in [0.2, 0.25) is 0 Å². The third-order valence-electron chi connectivity index (χ3n) is 4.58. The molecule has 0 bridgehead atoms. The van der Waals surface area contributed by atoms with E-state index < -0.39 is 0 Å². The topological polar surface area (TPSA) is 67.8 Å². The van der Waals surface area contributed by atoms with Crippen LogP contribution in [0.1, 0.15) is 28.4 Å². The number of ketones is 1. The average molecular weight is 370 g/mol. The summed E-state index contributed by atoms with van der Waals surface area (Å²) in [6.07, 6.45) is 0. The lowest BCUT2D eigenvalue weighted by Gasteiger charge is -2.06. The number of nitrogens with one attached hydrogen (secondary N) is 1. The molecule has 1 aliphatic carbocycles. The molecule has 1 aliphatic rings. The molecule has 0 atom stereocenters. The molecule has 28 heavy (non-hydrogen) atoms. The number of oxime groups is 1. The van der Waals surface area contributed by atoms with Crippen molar-refractivity contribution in [3.8, 4) is 11.1 Å². The number of carbonyl (C=O) groups is 2. The van der Waals surface area contributed by atoms with Gasteiger partial charge in [0.2, 0.25) is 0 Å². The minimum Gasteiger partial charge on any atom is -0.385 e. The Hall–Kier alpha value is -3.73. The molecule has 0 heterocycles. The van der Waals surface area contributed by atoms with Gasteiger partial charge in [0, 0.05) is 22.4 Å². The van der Waals surface area contributed by atoms with E-state index in [9.17, 15) is 9.59 Å². The second-order valence-electron chi connectivity index (χ2n) is 6.49. The third kappa shape index (κ3) is 3.42. The van der Waals surface area contributed by atoms with E-state index in [0.717, 1.165) is 28.0 Å². The van der Waals surface area contributed by atoms with Crippen LogP contribution in [-0.2, 0) is 9.63 Å². The maximum Gasteiger partial charge on any atom is 0.265 e. The standard InChI is InChI=1S/C23H18N2O3/c1-15(26)16-10-12-17(13-11-16)24-22(27)14-28-25-23-20-8-4-2-6-18(20)19-7-3-5-9-21(19)23/h2-13H,14H2,1H3,(H,24,27). The lowest BCUT2D eigenvalue weighted by Crippen LogP contribution is -2.17. The van der Waals surface area contributed by atoms with Gasteiger partial charge in [-0.15, -0.1) is 0 Å². The van der Waals surface area contributed by atoms with Gasteiger partial charge in [-0.25, -0.2) is 0 Å². The van der Waals surface area contributed by atoms with E-state index in [2.05, 4.69) is 10.5 Å². The first kappa shape index (κ1) is 17.7. The zero-order valence-electron chi connectivity index (χ0n) is 15.3. The van der Waals surface area contributed by atoms with Crippen molar-refractivity contribution in [2.75, 3.05) is 11.9 Å². The summed E-state index contributed by atoms with van der Waals surface area (Å²) in [5.41, 5.74) is 6.12. The predicted octanol–water partition coefficient (Wildman–Crippen LogP) is 4.28. The maximum atomic E-state index is 12.1. The Kier molecular flexibility index (Phi) is 4.72. The number of anilines is 1. The molecule has 3 aromatic rings. The van der Waals surface area contributed by atoms with Gasteiger partial charge in [-0.1, -0.05) is 53.7 Å². The number of amides is 1. The van der Waals surface area contributed by atoms with Gasteiger partial charge in [-0.2, -0.15) is 0 Å². The van der Waals surface area contributed by atoms with Gasteiger partial charge >= 0.3 is 0 Å². The number of hydrogen-bond donors (Lipinski definition) is 1. The summed E-state index contributed by atoms with van der Waals surface area (Å²) in [5, 5.41) is 6.96. The summed E-state index contributed by atoms with van der Waals surface area (Å²) < 4.78 is 0. The minimum atomic E-state index is -0.320. The van der Waals surface area contributed by atoms with Crippen molar-refractivity contribution in [2.24, 2.45) is 5.16 Å². The quantitative estimate of drug-likeness (QED) is 0.421.